The first-order valence-corrected chi connectivity index (χ1v) is 5.41. The number of rotatable bonds is 3. The number of amides is 3. The molecule has 3 amide bonds. The van der Waals surface area contributed by atoms with Crippen LogP contribution < -0.4 is 15.8 Å². The Labute approximate surface area is 105 Å². The molecule has 0 heterocycles. The summed E-state index contributed by atoms with van der Waals surface area (Å²) in [7, 11) is 0. The van der Waals surface area contributed by atoms with Crippen molar-refractivity contribution in [3.8, 4) is 5.75 Å². The second-order valence-electron chi connectivity index (χ2n) is 3.19. The zero-order valence-electron chi connectivity index (χ0n) is 8.87. The number of nitrogens with two attached hydrogens (primary N) is 1. The van der Waals surface area contributed by atoms with Gasteiger partial charge in [-0.15, -0.1) is 0 Å². The molecule has 1 rings (SSSR count). The Morgan fingerprint density at radius 1 is 1.53 bits per heavy atom. The molecule has 0 aliphatic rings. The molecule has 92 valence electrons. The van der Waals surface area contributed by atoms with Gasteiger partial charge in [-0.1, -0.05) is 15.9 Å². The molecule has 0 saturated carbocycles. The van der Waals surface area contributed by atoms with E-state index in [9.17, 15) is 14.0 Å². The van der Waals surface area contributed by atoms with Crippen molar-refractivity contribution in [1.82, 2.24) is 5.32 Å². The lowest BCUT2D eigenvalue weighted by Crippen LogP contribution is -2.42. The number of imide groups is 1. The van der Waals surface area contributed by atoms with Crippen LogP contribution in [0.5, 0.6) is 5.75 Å². The fourth-order valence-corrected chi connectivity index (χ4v) is 1.37. The Balaban J connectivity index is 2.70. The van der Waals surface area contributed by atoms with Gasteiger partial charge in [-0.05, 0) is 25.1 Å². The number of urea groups is 1. The van der Waals surface area contributed by atoms with Crippen molar-refractivity contribution in [1.29, 1.82) is 0 Å². The Bertz CT molecular complexity index is 453. The van der Waals surface area contributed by atoms with E-state index in [4.69, 9.17) is 10.5 Å². The average Bonchev–Trinajstić information content (AvgIpc) is 2.21. The third-order valence-corrected chi connectivity index (χ3v) is 2.31. The molecule has 1 aromatic rings. The lowest BCUT2D eigenvalue weighted by Gasteiger charge is -2.13. The summed E-state index contributed by atoms with van der Waals surface area (Å²) in [5.74, 6) is -1.43. The number of primary amides is 1. The van der Waals surface area contributed by atoms with Crippen molar-refractivity contribution in [3.05, 3.63) is 28.5 Å². The van der Waals surface area contributed by atoms with Crippen LogP contribution in [-0.2, 0) is 4.79 Å². The van der Waals surface area contributed by atoms with E-state index in [1.54, 1.807) is 6.07 Å². The monoisotopic (exact) mass is 304 g/mol. The molecule has 0 spiro atoms. The second-order valence-corrected chi connectivity index (χ2v) is 4.10. The van der Waals surface area contributed by atoms with Crippen molar-refractivity contribution >= 4 is 27.9 Å². The van der Waals surface area contributed by atoms with Crippen LogP contribution in [0.25, 0.3) is 0 Å². The maximum Gasteiger partial charge on any atom is 0.318 e. The number of nitrogens with one attached hydrogen (secondary N) is 1. The maximum atomic E-state index is 13.4. The van der Waals surface area contributed by atoms with E-state index >= 15 is 0 Å². The summed E-state index contributed by atoms with van der Waals surface area (Å²) in [6, 6.07) is 3.15. The minimum absolute atomic E-state index is 0.0830. The Kier molecular flexibility index (Phi) is 4.45. The number of benzene rings is 1. The highest BCUT2D eigenvalue weighted by atomic mass is 79.9. The molecule has 17 heavy (non-hydrogen) atoms. The fraction of sp³-hybridized carbons (Fsp3) is 0.200. The van der Waals surface area contributed by atoms with Gasteiger partial charge in [0.05, 0.1) is 0 Å². The number of hydrogen-bond donors (Lipinski definition) is 2. The van der Waals surface area contributed by atoms with E-state index in [0.717, 1.165) is 0 Å². The van der Waals surface area contributed by atoms with Gasteiger partial charge in [-0.3, -0.25) is 10.1 Å². The van der Waals surface area contributed by atoms with Crippen molar-refractivity contribution in [3.63, 3.8) is 0 Å². The number of hydrogen-bond acceptors (Lipinski definition) is 3. The standard InChI is InChI=1S/C10H10BrFN2O3/c1-5(9(15)14-10(13)16)17-8-3-2-6(11)4-7(8)12/h2-5H,1H3,(H3,13,14,15,16)/t5-/m1/s1. The summed E-state index contributed by atoms with van der Waals surface area (Å²) < 4.78 is 19.0. The molecular weight excluding hydrogens is 295 g/mol. The Hall–Kier alpha value is -1.63. The molecule has 7 heteroatoms. The van der Waals surface area contributed by atoms with Crippen molar-refractivity contribution in [2.24, 2.45) is 5.73 Å². The van der Waals surface area contributed by atoms with E-state index in [2.05, 4.69) is 15.9 Å². The Morgan fingerprint density at radius 2 is 2.18 bits per heavy atom. The molecular formula is C10H10BrFN2O3. The van der Waals surface area contributed by atoms with Crippen LogP contribution in [0.4, 0.5) is 9.18 Å². The first-order valence-electron chi connectivity index (χ1n) is 4.62. The highest BCUT2D eigenvalue weighted by Gasteiger charge is 2.17. The fourth-order valence-electron chi connectivity index (χ4n) is 1.04. The van der Waals surface area contributed by atoms with Gasteiger partial charge in [0.25, 0.3) is 5.91 Å². The zero-order valence-corrected chi connectivity index (χ0v) is 10.5. The summed E-state index contributed by atoms with van der Waals surface area (Å²) in [6.45, 7) is 1.37. The summed E-state index contributed by atoms with van der Waals surface area (Å²) in [6.07, 6.45) is -1.03. The maximum absolute atomic E-state index is 13.4. The topological polar surface area (TPSA) is 81.4 Å². The first kappa shape index (κ1) is 13.4. The molecule has 0 aliphatic heterocycles. The van der Waals surface area contributed by atoms with Crippen LogP contribution in [0.3, 0.4) is 0 Å². The quantitative estimate of drug-likeness (QED) is 0.889. The lowest BCUT2D eigenvalue weighted by molar-refractivity contribution is -0.126. The van der Waals surface area contributed by atoms with Crippen LogP contribution >= 0.6 is 15.9 Å². The molecule has 3 N–H and O–H groups in total. The van der Waals surface area contributed by atoms with Gasteiger partial charge in [-0.2, -0.15) is 0 Å². The minimum atomic E-state index is -1.03. The number of ether oxygens (including phenoxy) is 1. The van der Waals surface area contributed by atoms with Gasteiger partial charge in [0, 0.05) is 4.47 Å². The van der Waals surface area contributed by atoms with E-state index in [-0.39, 0.29) is 5.75 Å². The predicted octanol–water partition coefficient (Wildman–Crippen LogP) is 1.55. The highest BCUT2D eigenvalue weighted by Crippen LogP contribution is 2.22. The van der Waals surface area contributed by atoms with Gasteiger partial charge in [0.2, 0.25) is 0 Å². The van der Waals surface area contributed by atoms with E-state index in [1.165, 1.54) is 19.1 Å². The van der Waals surface area contributed by atoms with Gasteiger partial charge in [-0.25, -0.2) is 9.18 Å². The molecule has 1 atom stereocenters. The van der Waals surface area contributed by atoms with Gasteiger partial charge < -0.3 is 10.5 Å². The molecule has 0 fully saturated rings. The zero-order chi connectivity index (χ0) is 13.0. The summed E-state index contributed by atoms with van der Waals surface area (Å²) in [5.41, 5.74) is 4.77. The van der Waals surface area contributed by atoms with Crippen LogP contribution in [0.2, 0.25) is 0 Å². The molecule has 0 aromatic heterocycles. The smallest absolute Gasteiger partial charge is 0.318 e. The van der Waals surface area contributed by atoms with Crippen LogP contribution in [0.1, 0.15) is 6.92 Å². The van der Waals surface area contributed by atoms with E-state index in [0.29, 0.717) is 4.47 Å². The molecule has 0 unspecified atom stereocenters. The molecule has 5 nitrogen and oxygen atoms in total. The van der Waals surface area contributed by atoms with Gasteiger partial charge in [0.1, 0.15) is 0 Å². The van der Waals surface area contributed by atoms with Crippen molar-refractivity contribution < 1.29 is 18.7 Å². The summed E-state index contributed by atoms with van der Waals surface area (Å²) in [5, 5.41) is 1.84. The van der Waals surface area contributed by atoms with Crippen LogP contribution in [0.15, 0.2) is 22.7 Å². The summed E-state index contributed by atoms with van der Waals surface area (Å²) >= 11 is 3.09. The Morgan fingerprint density at radius 3 is 2.71 bits per heavy atom. The van der Waals surface area contributed by atoms with Crippen LogP contribution in [0, 0.1) is 5.82 Å². The third-order valence-electron chi connectivity index (χ3n) is 1.81. The number of carbonyl (C=O) groups is 2. The van der Waals surface area contributed by atoms with Gasteiger partial charge >= 0.3 is 6.03 Å². The number of carbonyl (C=O) groups excluding carboxylic acids is 2. The molecule has 0 radical (unpaired) electrons. The molecule has 1 aromatic carbocycles. The van der Waals surface area contributed by atoms with E-state index < -0.39 is 23.9 Å². The first-order chi connectivity index (χ1) is 7.90. The van der Waals surface area contributed by atoms with Crippen molar-refractivity contribution in [2.45, 2.75) is 13.0 Å². The SMILES string of the molecule is C[C@@H](Oc1ccc(Br)cc1F)C(=O)NC(N)=O. The largest absolute Gasteiger partial charge is 0.478 e. The molecule has 0 aliphatic carbocycles. The number of halogens is 2. The second kappa shape index (κ2) is 5.62. The minimum Gasteiger partial charge on any atom is -0.478 e. The average molecular weight is 305 g/mol. The predicted molar refractivity (Wildman–Crippen MR) is 61.9 cm³/mol. The van der Waals surface area contributed by atoms with Crippen LogP contribution in [-0.4, -0.2) is 18.0 Å². The van der Waals surface area contributed by atoms with Gasteiger partial charge in [0.15, 0.2) is 17.7 Å². The molecule has 0 saturated heterocycles. The van der Waals surface area contributed by atoms with Crippen molar-refractivity contribution in [2.75, 3.05) is 0 Å². The highest BCUT2D eigenvalue weighted by molar-refractivity contribution is 9.10. The lowest BCUT2D eigenvalue weighted by atomic mass is 10.3. The normalized spacial score (nSPS) is 11.7. The van der Waals surface area contributed by atoms with E-state index in [1.807, 2.05) is 5.32 Å². The summed E-state index contributed by atoms with van der Waals surface area (Å²) in [4.78, 5) is 21.7. The molecule has 0 bridgehead atoms. The third kappa shape index (κ3) is 4.03.